The number of nitrogens with zero attached hydrogens (tertiary/aromatic N) is 1. The minimum absolute atomic E-state index is 0.0946. The Hall–Kier alpha value is -0.980. The normalized spacial score (nSPS) is 14.1. The number of ether oxygens (including phenoxy) is 1. The lowest BCUT2D eigenvalue weighted by Gasteiger charge is -2.17. The molecule has 1 aliphatic heterocycles. The van der Waals surface area contributed by atoms with Crippen LogP contribution in [-0.2, 0) is 4.79 Å². The Kier molecular flexibility index (Phi) is 6.14. The summed E-state index contributed by atoms with van der Waals surface area (Å²) in [6.07, 6.45) is 2.36. The van der Waals surface area contributed by atoms with Gasteiger partial charge in [-0.2, -0.15) is 0 Å². The summed E-state index contributed by atoms with van der Waals surface area (Å²) in [6.45, 7) is 2.00. The summed E-state index contributed by atoms with van der Waals surface area (Å²) in [5.74, 6) is 0.793. The number of hydrogen-bond donors (Lipinski definition) is 1. The average Bonchev–Trinajstić information content (AvgIpc) is 2.99. The van der Waals surface area contributed by atoms with Gasteiger partial charge in [-0.25, -0.2) is 0 Å². The topological polar surface area (TPSA) is 41.6 Å². The third kappa shape index (κ3) is 4.76. The van der Waals surface area contributed by atoms with E-state index in [1.165, 1.54) is 24.6 Å². The fraction of sp³-hybridized carbons (Fsp3) is 0.429. The highest BCUT2D eigenvalue weighted by Crippen LogP contribution is 2.27. The summed E-state index contributed by atoms with van der Waals surface area (Å²) in [4.78, 5) is 14.1. The van der Waals surface area contributed by atoms with Crippen LogP contribution >= 0.6 is 35.6 Å². The molecule has 114 valence electrons. The quantitative estimate of drug-likeness (QED) is 0.848. The predicted octanol–water partition coefficient (Wildman–Crippen LogP) is 3.40. The third-order valence-corrected chi connectivity index (χ3v) is 4.95. The lowest BCUT2D eigenvalue weighted by atomic mass is 10.3. The van der Waals surface area contributed by atoms with Crippen LogP contribution in [0.4, 0.5) is 5.69 Å². The van der Waals surface area contributed by atoms with Crippen molar-refractivity contribution in [1.29, 1.82) is 0 Å². The van der Waals surface area contributed by atoms with E-state index in [2.05, 4.69) is 10.2 Å². The third-order valence-electron chi connectivity index (χ3n) is 3.13. The Morgan fingerprint density at radius 1 is 1.48 bits per heavy atom. The molecule has 0 aliphatic carbocycles. The van der Waals surface area contributed by atoms with Crippen molar-refractivity contribution in [1.82, 2.24) is 4.90 Å². The van der Waals surface area contributed by atoms with E-state index in [-0.39, 0.29) is 5.91 Å². The van der Waals surface area contributed by atoms with Gasteiger partial charge in [0.15, 0.2) is 0 Å². The molecule has 0 saturated carbocycles. The number of carbonyl (C=O) groups excluding carboxylic acids is 1. The van der Waals surface area contributed by atoms with Crippen LogP contribution in [0.25, 0.3) is 0 Å². The zero-order valence-corrected chi connectivity index (χ0v) is 14.1. The van der Waals surface area contributed by atoms with Gasteiger partial charge in [-0.05, 0) is 31.0 Å². The maximum absolute atomic E-state index is 11.9. The van der Waals surface area contributed by atoms with Crippen LogP contribution < -0.4 is 10.1 Å². The molecule has 0 aromatic heterocycles. The van der Waals surface area contributed by atoms with Gasteiger partial charge < -0.3 is 15.0 Å². The number of hydrogen-bond acceptors (Lipinski definition) is 4. The first-order valence-electron chi connectivity index (χ1n) is 6.65. The molecule has 4 nitrogen and oxygen atoms in total. The Balaban J connectivity index is 1.81. The number of thiocarbonyl (C=S) groups is 1. The van der Waals surface area contributed by atoms with E-state index in [9.17, 15) is 4.79 Å². The van der Waals surface area contributed by atoms with Crippen molar-refractivity contribution in [3.05, 3.63) is 23.2 Å². The molecule has 0 spiro atoms. The van der Waals surface area contributed by atoms with E-state index < -0.39 is 0 Å². The lowest BCUT2D eigenvalue weighted by molar-refractivity contribution is -0.113. The molecule has 1 heterocycles. The molecular formula is C14H17ClN2O2S2. The number of amides is 1. The molecule has 1 aromatic carbocycles. The van der Waals surface area contributed by atoms with E-state index in [1.54, 1.807) is 25.3 Å². The first-order chi connectivity index (χ1) is 10.1. The fourth-order valence-electron chi connectivity index (χ4n) is 2.06. The molecule has 1 amide bonds. The summed E-state index contributed by atoms with van der Waals surface area (Å²) in [5, 5.41) is 3.27. The maximum Gasteiger partial charge on any atom is 0.234 e. The highest BCUT2D eigenvalue weighted by molar-refractivity contribution is 8.23. The molecule has 0 bridgehead atoms. The summed E-state index contributed by atoms with van der Waals surface area (Å²) in [7, 11) is 1.55. The van der Waals surface area contributed by atoms with Gasteiger partial charge in [0.25, 0.3) is 0 Å². The number of benzene rings is 1. The molecule has 1 saturated heterocycles. The monoisotopic (exact) mass is 344 g/mol. The number of likely N-dealkylation sites (tertiary alicyclic amines) is 1. The molecule has 0 radical (unpaired) electrons. The van der Waals surface area contributed by atoms with Gasteiger partial charge in [-0.3, -0.25) is 4.79 Å². The lowest BCUT2D eigenvalue weighted by Crippen LogP contribution is -2.25. The molecule has 1 aromatic rings. The summed E-state index contributed by atoms with van der Waals surface area (Å²) in [5.41, 5.74) is 0.651. The molecule has 7 heteroatoms. The molecule has 1 fully saturated rings. The van der Waals surface area contributed by atoms with Gasteiger partial charge in [0.05, 0.1) is 17.9 Å². The Morgan fingerprint density at radius 3 is 2.81 bits per heavy atom. The van der Waals surface area contributed by atoms with Gasteiger partial charge in [-0.15, -0.1) is 0 Å². The van der Waals surface area contributed by atoms with Gasteiger partial charge in [0.2, 0.25) is 5.91 Å². The molecule has 2 rings (SSSR count). The number of carbonyl (C=O) groups is 1. The van der Waals surface area contributed by atoms with Crippen LogP contribution in [0.2, 0.25) is 5.02 Å². The van der Waals surface area contributed by atoms with Crippen LogP contribution in [0.15, 0.2) is 18.2 Å². The van der Waals surface area contributed by atoms with Crippen LogP contribution in [0.5, 0.6) is 5.75 Å². The molecule has 21 heavy (non-hydrogen) atoms. The van der Waals surface area contributed by atoms with Gasteiger partial charge in [0, 0.05) is 18.8 Å². The van der Waals surface area contributed by atoms with E-state index in [0.717, 1.165) is 17.4 Å². The molecule has 1 N–H and O–H groups in total. The van der Waals surface area contributed by atoms with Crippen molar-refractivity contribution < 1.29 is 9.53 Å². The maximum atomic E-state index is 11.9. The second kappa shape index (κ2) is 7.87. The van der Waals surface area contributed by atoms with Gasteiger partial charge in [-0.1, -0.05) is 35.6 Å². The first-order valence-corrected chi connectivity index (χ1v) is 8.42. The van der Waals surface area contributed by atoms with Gasteiger partial charge in [0.1, 0.15) is 10.1 Å². The smallest absolute Gasteiger partial charge is 0.234 e. The van der Waals surface area contributed by atoms with Crippen LogP contribution in [0, 0.1) is 0 Å². The molecule has 0 unspecified atom stereocenters. The second-order valence-corrected chi connectivity index (χ2v) is 6.66. The summed E-state index contributed by atoms with van der Waals surface area (Å²) >= 11 is 12.7. The zero-order chi connectivity index (χ0) is 15.2. The largest absolute Gasteiger partial charge is 0.495 e. The number of nitrogens with one attached hydrogen (secondary N) is 1. The number of anilines is 1. The molecular weight excluding hydrogens is 328 g/mol. The molecule has 0 atom stereocenters. The Labute approximate surface area is 139 Å². The van der Waals surface area contributed by atoms with E-state index >= 15 is 0 Å². The van der Waals surface area contributed by atoms with Crippen molar-refractivity contribution in [2.24, 2.45) is 0 Å². The van der Waals surface area contributed by atoms with E-state index in [1.807, 2.05) is 0 Å². The predicted molar refractivity (Wildman–Crippen MR) is 92.5 cm³/mol. The van der Waals surface area contributed by atoms with Crippen molar-refractivity contribution in [3.8, 4) is 5.75 Å². The van der Waals surface area contributed by atoms with Crippen molar-refractivity contribution in [2.75, 3.05) is 31.3 Å². The SMILES string of the molecule is COc1ccc(NC(=O)CSC(=S)N2CCCC2)cc1Cl. The van der Waals surface area contributed by atoms with E-state index in [0.29, 0.717) is 22.2 Å². The van der Waals surface area contributed by atoms with Crippen molar-refractivity contribution >= 4 is 51.5 Å². The number of thioether (sulfide) groups is 1. The van der Waals surface area contributed by atoms with Crippen LogP contribution in [0.1, 0.15) is 12.8 Å². The van der Waals surface area contributed by atoms with Crippen molar-refractivity contribution in [2.45, 2.75) is 12.8 Å². The highest BCUT2D eigenvalue weighted by Gasteiger charge is 2.16. The summed E-state index contributed by atoms with van der Waals surface area (Å²) < 4.78 is 5.87. The highest BCUT2D eigenvalue weighted by atomic mass is 35.5. The number of halogens is 1. The van der Waals surface area contributed by atoms with E-state index in [4.69, 9.17) is 28.6 Å². The Morgan fingerprint density at radius 2 is 2.19 bits per heavy atom. The second-order valence-electron chi connectivity index (χ2n) is 4.65. The summed E-state index contributed by atoms with van der Waals surface area (Å²) in [6, 6.07) is 5.15. The van der Waals surface area contributed by atoms with Crippen LogP contribution in [-0.4, -0.2) is 41.1 Å². The average molecular weight is 345 g/mol. The number of rotatable bonds is 4. The Bertz CT molecular complexity index is 534. The standard InChI is InChI=1S/C14H17ClN2O2S2/c1-19-12-5-4-10(8-11(12)15)16-13(18)9-21-14(20)17-6-2-3-7-17/h4-5,8H,2-3,6-7,9H2,1H3,(H,16,18). The van der Waals surface area contributed by atoms with Crippen molar-refractivity contribution in [3.63, 3.8) is 0 Å². The number of methoxy groups -OCH3 is 1. The minimum atomic E-state index is -0.0946. The van der Waals surface area contributed by atoms with Gasteiger partial charge >= 0.3 is 0 Å². The molecule has 1 aliphatic rings. The first kappa shape index (κ1) is 16.4. The zero-order valence-electron chi connectivity index (χ0n) is 11.7. The fourth-order valence-corrected chi connectivity index (χ4v) is 3.37. The van der Waals surface area contributed by atoms with Crippen LogP contribution in [0.3, 0.4) is 0 Å². The minimum Gasteiger partial charge on any atom is -0.495 e.